The van der Waals surface area contributed by atoms with Crippen LogP contribution in [0, 0.1) is 0 Å². The predicted molar refractivity (Wildman–Crippen MR) is 74.4 cm³/mol. The summed E-state index contributed by atoms with van der Waals surface area (Å²) in [7, 11) is 0. The average Bonchev–Trinajstić information content (AvgIpc) is 2.86. The van der Waals surface area contributed by atoms with Gasteiger partial charge in [0, 0.05) is 26.0 Å². The molecule has 1 unspecified atom stereocenters. The lowest BCUT2D eigenvalue weighted by Gasteiger charge is -2.09. The Balaban J connectivity index is 2.11. The standard InChI is InChI=1S/C12H13BrOS2/c1-2-8-3-4-15-12(8)11(14)6-10-5-9(13)7-16-10/h3-5,7,11,14H,2,6H2,1H3. The van der Waals surface area contributed by atoms with Gasteiger partial charge in [-0.2, -0.15) is 0 Å². The van der Waals surface area contributed by atoms with Gasteiger partial charge in [-0.25, -0.2) is 0 Å². The third kappa shape index (κ3) is 2.74. The molecule has 2 aromatic heterocycles. The van der Waals surface area contributed by atoms with Crippen molar-refractivity contribution in [2.24, 2.45) is 0 Å². The minimum atomic E-state index is -0.361. The van der Waals surface area contributed by atoms with Crippen molar-refractivity contribution >= 4 is 38.6 Å². The molecule has 0 bridgehead atoms. The van der Waals surface area contributed by atoms with Gasteiger partial charge in [-0.15, -0.1) is 22.7 Å². The molecule has 1 atom stereocenters. The highest BCUT2D eigenvalue weighted by atomic mass is 79.9. The van der Waals surface area contributed by atoms with Gasteiger partial charge in [-0.1, -0.05) is 6.92 Å². The number of aryl methyl sites for hydroxylation is 1. The summed E-state index contributed by atoms with van der Waals surface area (Å²) < 4.78 is 1.10. The van der Waals surface area contributed by atoms with E-state index in [0.717, 1.165) is 15.8 Å². The fourth-order valence-electron chi connectivity index (χ4n) is 1.68. The van der Waals surface area contributed by atoms with Crippen molar-refractivity contribution in [3.05, 3.63) is 42.7 Å². The van der Waals surface area contributed by atoms with Crippen LogP contribution in [0.25, 0.3) is 0 Å². The number of hydrogen-bond donors (Lipinski definition) is 1. The molecule has 0 saturated carbocycles. The van der Waals surface area contributed by atoms with E-state index in [2.05, 4.69) is 45.7 Å². The molecule has 0 aromatic carbocycles. The minimum Gasteiger partial charge on any atom is -0.387 e. The van der Waals surface area contributed by atoms with Crippen molar-refractivity contribution in [3.63, 3.8) is 0 Å². The second kappa shape index (κ2) is 5.45. The maximum Gasteiger partial charge on any atom is 0.0932 e. The average molecular weight is 317 g/mol. The lowest BCUT2D eigenvalue weighted by molar-refractivity contribution is 0.182. The van der Waals surface area contributed by atoms with Crippen LogP contribution in [0.15, 0.2) is 27.4 Å². The van der Waals surface area contributed by atoms with Crippen molar-refractivity contribution in [1.29, 1.82) is 0 Å². The molecule has 2 aromatic rings. The number of hydrogen-bond acceptors (Lipinski definition) is 3. The highest BCUT2D eigenvalue weighted by molar-refractivity contribution is 9.10. The molecule has 0 spiro atoms. The largest absolute Gasteiger partial charge is 0.387 e. The predicted octanol–water partition coefficient (Wildman–Crippen LogP) is 4.41. The summed E-state index contributed by atoms with van der Waals surface area (Å²) in [6, 6.07) is 4.18. The van der Waals surface area contributed by atoms with Gasteiger partial charge in [0.2, 0.25) is 0 Å². The van der Waals surface area contributed by atoms with Crippen LogP contribution >= 0.6 is 38.6 Å². The molecule has 0 aliphatic rings. The van der Waals surface area contributed by atoms with E-state index < -0.39 is 0 Å². The van der Waals surface area contributed by atoms with Crippen LogP contribution in [-0.2, 0) is 12.8 Å². The van der Waals surface area contributed by atoms with E-state index in [-0.39, 0.29) is 6.10 Å². The molecule has 0 amide bonds. The first kappa shape index (κ1) is 12.3. The zero-order valence-corrected chi connectivity index (χ0v) is 12.2. The smallest absolute Gasteiger partial charge is 0.0932 e. The lowest BCUT2D eigenvalue weighted by Crippen LogP contribution is -2.00. The summed E-state index contributed by atoms with van der Waals surface area (Å²) in [5.41, 5.74) is 1.27. The van der Waals surface area contributed by atoms with Gasteiger partial charge < -0.3 is 5.11 Å². The van der Waals surface area contributed by atoms with Gasteiger partial charge in [0.1, 0.15) is 0 Å². The van der Waals surface area contributed by atoms with Crippen molar-refractivity contribution < 1.29 is 5.11 Å². The Kier molecular flexibility index (Phi) is 4.19. The van der Waals surface area contributed by atoms with E-state index in [1.54, 1.807) is 22.7 Å². The van der Waals surface area contributed by atoms with E-state index in [1.165, 1.54) is 10.4 Å². The Morgan fingerprint density at radius 2 is 2.25 bits per heavy atom. The van der Waals surface area contributed by atoms with E-state index in [0.29, 0.717) is 6.42 Å². The van der Waals surface area contributed by atoms with Crippen molar-refractivity contribution in [2.45, 2.75) is 25.9 Å². The number of rotatable bonds is 4. The Labute approximate surface area is 112 Å². The van der Waals surface area contributed by atoms with Crippen molar-refractivity contribution in [3.8, 4) is 0 Å². The molecule has 0 radical (unpaired) electrons. The molecular formula is C12H13BrOS2. The Morgan fingerprint density at radius 1 is 1.44 bits per heavy atom. The van der Waals surface area contributed by atoms with Crippen molar-refractivity contribution in [2.75, 3.05) is 0 Å². The van der Waals surface area contributed by atoms with Gasteiger partial charge in [0.05, 0.1) is 6.10 Å². The number of thiophene rings is 2. The molecule has 0 saturated heterocycles. The molecular weight excluding hydrogens is 304 g/mol. The third-order valence-electron chi connectivity index (χ3n) is 2.48. The summed E-state index contributed by atoms with van der Waals surface area (Å²) >= 11 is 6.77. The number of aliphatic hydroxyl groups excluding tert-OH is 1. The monoisotopic (exact) mass is 316 g/mol. The second-order valence-corrected chi connectivity index (χ2v) is 6.47. The van der Waals surface area contributed by atoms with Gasteiger partial charge in [-0.05, 0) is 45.4 Å². The van der Waals surface area contributed by atoms with Crippen LogP contribution in [0.3, 0.4) is 0 Å². The summed E-state index contributed by atoms with van der Waals surface area (Å²) in [4.78, 5) is 2.34. The van der Waals surface area contributed by atoms with E-state index in [9.17, 15) is 5.11 Å². The normalized spacial score (nSPS) is 12.9. The molecule has 0 aliphatic carbocycles. The van der Waals surface area contributed by atoms with Gasteiger partial charge >= 0.3 is 0 Å². The molecule has 4 heteroatoms. The van der Waals surface area contributed by atoms with Crippen LogP contribution in [0.4, 0.5) is 0 Å². The first-order valence-corrected chi connectivity index (χ1v) is 7.73. The molecule has 2 rings (SSSR count). The van der Waals surface area contributed by atoms with Crippen LogP contribution in [0.5, 0.6) is 0 Å². The Hall–Kier alpha value is -0.160. The van der Waals surface area contributed by atoms with Crippen LogP contribution < -0.4 is 0 Å². The zero-order valence-electron chi connectivity index (χ0n) is 8.94. The highest BCUT2D eigenvalue weighted by Gasteiger charge is 2.14. The molecule has 0 fully saturated rings. The fraction of sp³-hybridized carbons (Fsp3) is 0.333. The van der Waals surface area contributed by atoms with Crippen molar-refractivity contribution in [1.82, 2.24) is 0 Å². The molecule has 1 nitrogen and oxygen atoms in total. The quantitative estimate of drug-likeness (QED) is 0.885. The van der Waals surface area contributed by atoms with Crippen LogP contribution in [0.1, 0.15) is 28.3 Å². The summed E-state index contributed by atoms with van der Waals surface area (Å²) in [6.45, 7) is 2.13. The minimum absolute atomic E-state index is 0.361. The van der Waals surface area contributed by atoms with Gasteiger partial charge in [0.15, 0.2) is 0 Å². The van der Waals surface area contributed by atoms with E-state index in [1.807, 2.05) is 0 Å². The Morgan fingerprint density at radius 3 is 2.88 bits per heavy atom. The fourth-order valence-corrected chi connectivity index (χ4v) is 4.15. The first-order chi connectivity index (χ1) is 7.70. The third-order valence-corrected chi connectivity index (χ3v) is 5.26. The van der Waals surface area contributed by atoms with E-state index in [4.69, 9.17) is 0 Å². The van der Waals surface area contributed by atoms with Crippen LogP contribution in [-0.4, -0.2) is 5.11 Å². The summed E-state index contributed by atoms with van der Waals surface area (Å²) in [5.74, 6) is 0. The summed E-state index contributed by atoms with van der Waals surface area (Å²) in [5, 5.41) is 14.3. The topological polar surface area (TPSA) is 20.2 Å². The molecule has 86 valence electrons. The summed E-state index contributed by atoms with van der Waals surface area (Å²) in [6.07, 6.45) is 1.34. The van der Waals surface area contributed by atoms with E-state index >= 15 is 0 Å². The van der Waals surface area contributed by atoms with Gasteiger partial charge in [-0.3, -0.25) is 0 Å². The maximum atomic E-state index is 10.2. The zero-order chi connectivity index (χ0) is 11.5. The number of halogens is 1. The molecule has 0 aliphatic heterocycles. The maximum absolute atomic E-state index is 10.2. The Bertz CT molecular complexity index is 461. The number of aliphatic hydroxyl groups is 1. The van der Waals surface area contributed by atoms with Gasteiger partial charge in [0.25, 0.3) is 0 Å². The first-order valence-electron chi connectivity index (χ1n) is 5.18. The molecule has 1 N–H and O–H groups in total. The lowest BCUT2D eigenvalue weighted by atomic mass is 10.1. The SMILES string of the molecule is CCc1ccsc1C(O)Cc1cc(Br)cs1. The molecule has 16 heavy (non-hydrogen) atoms. The molecule has 2 heterocycles. The second-order valence-electron chi connectivity index (χ2n) is 3.61. The van der Waals surface area contributed by atoms with Crippen LogP contribution in [0.2, 0.25) is 0 Å². The highest BCUT2D eigenvalue weighted by Crippen LogP contribution is 2.30.